The highest BCUT2D eigenvalue weighted by molar-refractivity contribution is 6.33. The van der Waals surface area contributed by atoms with E-state index < -0.39 is 0 Å². The van der Waals surface area contributed by atoms with Gasteiger partial charge in [-0.3, -0.25) is 4.99 Å². The van der Waals surface area contributed by atoms with Gasteiger partial charge in [0.2, 0.25) is 5.28 Å². The minimum absolute atomic E-state index is 0.181. The van der Waals surface area contributed by atoms with Gasteiger partial charge in [0, 0.05) is 12.8 Å². The molecule has 1 aromatic rings. The van der Waals surface area contributed by atoms with Crippen LogP contribution in [-0.4, -0.2) is 22.7 Å². The molecule has 0 amide bonds. The molecule has 0 aliphatic heterocycles. The van der Waals surface area contributed by atoms with Gasteiger partial charge in [0.15, 0.2) is 0 Å². The van der Waals surface area contributed by atoms with Crippen molar-refractivity contribution in [2.75, 3.05) is 6.54 Å². The molecule has 0 spiro atoms. The maximum absolute atomic E-state index is 5.92. The average Bonchev–Trinajstić information content (AvgIpc) is 2.15. The predicted molar refractivity (Wildman–Crippen MR) is 59.6 cm³/mol. The molecule has 76 valence electrons. The molecule has 0 bridgehead atoms. The fraction of sp³-hybridized carbons (Fsp3) is 0.444. The Morgan fingerprint density at radius 3 is 2.57 bits per heavy atom. The van der Waals surface area contributed by atoms with E-state index in [1.165, 1.54) is 0 Å². The average molecular weight is 232 g/mol. The largest absolute Gasteiger partial charge is 0.293 e. The van der Waals surface area contributed by atoms with Crippen LogP contribution in [0.5, 0.6) is 0 Å². The smallest absolute Gasteiger partial charge is 0.224 e. The first-order valence-corrected chi connectivity index (χ1v) is 5.16. The van der Waals surface area contributed by atoms with Gasteiger partial charge in [-0.15, -0.1) is 0 Å². The second kappa shape index (κ2) is 5.27. The van der Waals surface area contributed by atoms with Crippen molar-refractivity contribution >= 4 is 29.4 Å². The zero-order chi connectivity index (χ0) is 10.6. The molecular formula is C9H11Cl2N3. The van der Waals surface area contributed by atoms with Gasteiger partial charge < -0.3 is 0 Å². The van der Waals surface area contributed by atoms with Crippen LogP contribution in [0.25, 0.3) is 0 Å². The fourth-order valence-corrected chi connectivity index (χ4v) is 1.50. The summed E-state index contributed by atoms with van der Waals surface area (Å²) in [5.41, 5.74) is 1.59. The van der Waals surface area contributed by atoms with E-state index in [-0.39, 0.29) is 5.28 Å². The van der Waals surface area contributed by atoms with Gasteiger partial charge in [0.25, 0.3) is 0 Å². The summed E-state index contributed by atoms with van der Waals surface area (Å²) in [4.78, 5) is 12.1. The van der Waals surface area contributed by atoms with Gasteiger partial charge in [-0.1, -0.05) is 18.5 Å². The van der Waals surface area contributed by atoms with Crippen LogP contribution in [0.4, 0.5) is 0 Å². The summed E-state index contributed by atoms with van der Waals surface area (Å²) in [7, 11) is 0. The van der Waals surface area contributed by atoms with E-state index in [0.717, 1.165) is 17.7 Å². The molecule has 0 fully saturated rings. The Morgan fingerprint density at radius 1 is 1.29 bits per heavy atom. The van der Waals surface area contributed by atoms with Crippen LogP contribution in [-0.2, 0) is 6.42 Å². The number of hydrogen-bond acceptors (Lipinski definition) is 3. The quantitative estimate of drug-likeness (QED) is 0.456. The highest BCUT2D eigenvalue weighted by Gasteiger charge is 2.08. The molecule has 3 nitrogen and oxygen atoms in total. The summed E-state index contributed by atoms with van der Waals surface area (Å²) >= 11 is 11.6. The molecule has 1 rings (SSSR count). The SMILES string of the molecule is CC/N=C\c1c(Cl)nc(Cl)nc1CC. The molecule has 0 atom stereocenters. The summed E-state index contributed by atoms with van der Waals surface area (Å²) in [5.74, 6) is 0. The van der Waals surface area contributed by atoms with E-state index in [1.807, 2.05) is 13.8 Å². The van der Waals surface area contributed by atoms with Crippen molar-refractivity contribution in [1.29, 1.82) is 0 Å². The van der Waals surface area contributed by atoms with Crippen molar-refractivity contribution < 1.29 is 0 Å². The van der Waals surface area contributed by atoms with Crippen LogP contribution in [0, 0.1) is 0 Å². The van der Waals surface area contributed by atoms with Gasteiger partial charge in [-0.2, -0.15) is 0 Å². The number of aryl methyl sites for hydroxylation is 1. The summed E-state index contributed by atoms with van der Waals surface area (Å²) < 4.78 is 0. The number of rotatable bonds is 3. The summed E-state index contributed by atoms with van der Waals surface area (Å²) in [6, 6.07) is 0. The molecule has 14 heavy (non-hydrogen) atoms. The van der Waals surface area contributed by atoms with Crippen molar-refractivity contribution in [3.8, 4) is 0 Å². The predicted octanol–water partition coefficient (Wildman–Crippen LogP) is 2.78. The van der Waals surface area contributed by atoms with Crippen LogP contribution in [0.3, 0.4) is 0 Å². The zero-order valence-corrected chi connectivity index (χ0v) is 9.60. The molecule has 5 heteroatoms. The molecule has 0 saturated carbocycles. The van der Waals surface area contributed by atoms with E-state index in [1.54, 1.807) is 6.21 Å². The second-order valence-corrected chi connectivity index (χ2v) is 3.32. The first-order valence-electron chi connectivity index (χ1n) is 4.40. The third-order valence-corrected chi connectivity index (χ3v) is 2.15. The van der Waals surface area contributed by atoms with Gasteiger partial charge in [0.05, 0.1) is 11.3 Å². The van der Waals surface area contributed by atoms with Crippen LogP contribution in [0.15, 0.2) is 4.99 Å². The lowest BCUT2D eigenvalue weighted by molar-refractivity contribution is 0.991. The van der Waals surface area contributed by atoms with Gasteiger partial charge in [0.1, 0.15) is 5.15 Å². The lowest BCUT2D eigenvalue weighted by Crippen LogP contribution is -2.00. The first-order chi connectivity index (χ1) is 6.69. The number of hydrogen-bond donors (Lipinski definition) is 0. The molecule has 0 aromatic carbocycles. The van der Waals surface area contributed by atoms with Crippen molar-refractivity contribution in [1.82, 2.24) is 9.97 Å². The molecule has 1 aromatic heterocycles. The highest BCUT2D eigenvalue weighted by atomic mass is 35.5. The lowest BCUT2D eigenvalue weighted by Gasteiger charge is -2.03. The van der Waals surface area contributed by atoms with Crippen molar-refractivity contribution in [3.05, 3.63) is 21.7 Å². The topological polar surface area (TPSA) is 38.1 Å². The van der Waals surface area contributed by atoms with Crippen LogP contribution >= 0.6 is 23.2 Å². The molecule has 0 N–H and O–H groups in total. The third-order valence-electron chi connectivity index (χ3n) is 1.69. The van der Waals surface area contributed by atoms with Crippen LogP contribution in [0.1, 0.15) is 25.1 Å². The van der Waals surface area contributed by atoms with E-state index in [2.05, 4.69) is 15.0 Å². The highest BCUT2D eigenvalue weighted by Crippen LogP contribution is 2.17. The third kappa shape index (κ3) is 2.66. The lowest BCUT2D eigenvalue weighted by atomic mass is 10.2. The molecule has 0 aliphatic carbocycles. The number of halogens is 2. The summed E-state index contributed by atoms with van der Waals surface area (Å²) in [5, 5.41) is 0.541. The monoisotopic (exact) mass is 231 g/mol. The zero-order valence-electron chi connectivity index (χ0n) is 8.09. The van der Waals surface area contributed by atoms with Crippen molar-refractivity contribution in [2.24, 2.45) is 4.99 Å². The Kier molecular flexibility index (Phi) is 4.29. The molecule has 0 unspecified atom stereocenters. The molecular weight excluding hydrogens is 221 g/mol. The van der Waals surface area contributed by atoms with E-state index in [4.69, 9.17) is 23.2 Å². The minimum Gasteiger partial charge on any atom is -0.293 e. The summed E-state index contributed by atoms with van der Waals surface area (Å²) in [6.07, 6.45) is 2.45. The standard InChI is InChI=1S/C9H11Cl2N3/c1-3-7-6(5-12-4-2)8(10)14-9(11)13-7/h5H,3-4H2,1-2H3/b12-5-. The van der Waals surface area contributed by atoms with E-state index in [0.29, 0.717) is 11.7 Å². The van der Waals surface area contributed by atoms with Gasteiger partial charge >= 0.3 is 0 Å². The number of nitrogens with zero attached hydrogens (tertiary/aromatic N) is 3. The maximum atomic E-state index is 5.92. The van der Waals surface area contributed by atoms with Gasteiger partial charge in [-0.05, 0) is 24.9 Å². The molecule has 0 aliphatic rings. The minimum atomic E-state index is 0.181. The Hall–Kier alpha value is -0.670. The summed E-state index contributed by atoms with van der Waals surface area (Å²) in [6.45, 7) is 4.65. The molecule has 0 radical (unpaired) electrons. The van der Waals surface area contributed by atoms with Crippen molar-refractivity contribution in [3.63, 3.8) is 0 Å². The Morgan fingerprint density at radius 2 is 2.00 bits per heavy atom. The second-order valence-electron chi connectivity index (χ2n) is 2.63. The van der Waals surface area contributed by atoms with Crippen molar-refractivity contribution in [2.45, 2.75) is 20.3 Å². The molecule has 0 saturated heterocycles. The van der Waals surface area contributed by atoms with Crippen LogP contribution in [0.2, 0.25) is 10.4 Å². The number of aromatic nitrogens is 2. The Balaban J connectivity index is 3.18. The van der Waals surface area contributed by atoms with Crippen LogP contribution < -0.4 is 0 Å². The molecule has 1 heterocycles. The maximum Gasteiger partial charge on any atom is 0.224 e. The Bertz CT molecular complexity index is 350. The normalized spacial score (nSPS) is 11.1. The van der Waals surface area contributed by atoms with E-state index >= 15 is 0 Å². The fourth-order valence-electron chi connectivity index (χ4n) is 1.04. The van der Waals surface area contributed by atoms with Gasteiger partial charge in [-0.25, -0.2) is 9.97 Å². The first kappa shape index (κ1) is 11.4. The van der Waals surface area contributed by atoms with E-state index in [9.17, 15) is 0 Å². The Labute approximate surface area is 93.2 Å². The number of aliphatic imine (C=N–C) groups is 1.